The zero-order valence-corrected chi connectivity index (χ0v) is 10.2. The molecule has 17 heavy (non-hydrogen) atoms. The van der Waals surface area contributed by atoms with E-state index in [1.165, 1.54) is 0 Å². The van der Waals surface area contributed by atoms with Gasteiger partial charge in [-0.15, -0.1) is 0 Å². The van der Waals surface area contributed by atoms with E-state index in [2.05, 4.69) is 9.97 Å². The fourth-order valence-electron chi connectivity index (χ4n) is 1.74. The maximum absolute atomic E-state index is 5.72. The topological polar surface area (TPSA) is 61.0 Å². The van der Waals surface area contributed by atoms with Crippen LogP contribution in [-0.2, 0) is 0 Å². The normalized spacial score (nSPS) is 10.3. The smallest absolute Gasteiger partial charge is 0.163 e. The van der Waals surface area contributed by atoms with Gasteiger partial charge in [-0.3, -0.25) is 0 Å². The van der Waals surface area contributed by atoms with Crippen LogP contribution in [-0.4, -0.2) is 17.1 Å². The lowest BCUT2D eigenvalue weighted by atomic mass is 10.1. The van der Waals surface area contributed by atoms with Gasteiger partial charge in [-0.1, -0.05) is 0 Å². The summed E-state index contributed by atoms with van der Waals surface area (Å²) >= 11 is 0. The molecule has 0 aliphatic rings. The molecule has 0 amide bonds. The molecule has 4 heteroatoms. The van der Waals surface area contributed by atoms with Gasteiger partial charge >= 0.3 is 0 Å². The maximum atomic E-state index is 5.72. The Balaban J connectivity index is 2.59. The van der Waals surface area contributed by atoms with Crippen molar-refractivity contribution in [3.63, 3.8) is 0 Å². The number of ether oxygens (including phenoxy) is 1. The van der Waals surface area contributed by atoms with E-state index in [9.17, 15) is 0 Å². The second-order valence-corrected chi connectivity index (χ2v) is 3.93. The number of aryl methyl sites for hydroxylation is 2. The Labute approximate surface area is 100 Å². The molecule has 2 rings (SSSR count). The van der Waals surface area contributed by atoms with Crippen LogP contribution in [0.5, 0.6) is 5.75 Å². The Bertz CT molecular complexity index is 532. The predicted molar refractivity (Wildman–Crippen MR) is 67.9 cm³/mol. The first-order valence-electron chi connectivity index (χ1n) is 5.36. The van der Waals surface area contributed by atoms with E-state index in [-0.39, 0.29) is 0 Å². The van der Waals surface area contributed by atoms with E-state index in [4.69, 9.17) is 10.5 Å². The van der Waals surface area contributed by atoms with E-state index in [1.54, 1.807) is 13.2 Å². The summed E-state index contributed by atoms with van der Waals surface area (Å²) < 4.78 is 5.30. The summed E-state index contributed by atoms with van der Waals surface area (Å²) in [6.45, 7) is 3.89. The van der Waals surface area contributed by atoms with Gasteiger partial charge in [0.15, 0.2) is 5.82 Å². The van der Waals surface area contributed by atoms with Gasteiger partial charge < -0.3 is 10.5 Å². The SMILES string of the molecule is COc1cc(N)ccc1-c1nc(C)cc(C)n1. The van der Waals surface area contributed by atoms with Crippen LogP contribution in [0.25, 0.3) is 11.4 Å². The highest BCUT2D eigenvalue weighted by atomic mass is 16.5. The van der Waals surface area contributed by atoms with Gasteiger partial charge in [-0.05, 0) is 32.0 Å². The Hall–Kier alpha value is -2.10. The molecule has 0 aliphatic heterocycles. The minimum Gasteiger partial charge on any atom is -0.496 e. The summed E-state index contributed by atoms with van der Waals surface area (Å²) in [5, 5.41) is 0. The van der Waals surface area contributed by atoms with Crippen molar-refractivity contribution in [2.24, 2.45) is 0 Å². The van der Waals surface area contributed by atoms with Crippen molar-refractivity contribution >= 4 is 5.69 Å². The second-order valence-electron chi connectivity index (χ2n) is 3.93. The van der Waals surface area contributed by atoms with E-state index < -0.39 is 0 Å². The summed E-state index contributed by atoms with van der Waals surface area (Å²) in [4.78, 5) is 8.82. The minimum absolute atomic E-state index is 0.662. The molecule has 0 atom stereocenters. The molecule has 1 aromatic heterocycles. The lowest BCUT2D eigenvalue weighted by Gasteiger charge is -2.09. The highest BCUT2D eigenvalue weighted by molar-refractivity contribution is 5.68. The average molecular weight is 229 g/mol. The quantitative estimate of drug-likeness (QED) is 0.803. The van der Waals surface area contributed by atoms with Crippen molar-refractivity contribution in [3.05, 3.63) is 35.7 Å². The van der Waals surface area contributed by atoms with Crippen molar-refractivity contribution < 1.29 is 4.74 Å². The van der Waals surface area contributed by atoms with Gasteiger partial charge in [-0.25, -0.2) is 9.97 Å². The van der Waals surface area contributed by atoms with Crippen LogP contribution >= 0.6 is 0 Å². The Kier molecular flexibility index (Phi) is 2.95. The van der Waals surface area contributed by atoms with Crippen LogP contribution < -0.4 is 10.5 Å². The summed E-state index contributed by atoms with van der Waals surface area (Å²) in [6, 6.07) is 7.41. The van der Waals surface area contributed by atoms with Gasteiger partial charge in [0.2, 0.25) is 0 Å². The molecule has 0 spiro atoms. The third kappa shape index (κ3) is 2.36. The molecule has 2 aromatic rings. The predicted octanol–water partition coefficient (Wildman–Crippen LogP) is 2.35. The molecule has 4 nitrogen and oxygen atoms in total. The monoisotopic (exact) mass is 229 g/mol. The molecular formula is C13H15N3O. The van der Waals surface area contributed by atoms with Gasteiger partial charge in [-0.2, -0.15) is 0 Å². The molecular weight excluding hydrogens is 214 g/mol. The number of benzene rings is 1. The number of nitrogens with two attached hydrogens (primary N) is 1. The van der Waals surface area contributed by atoms with Crippen LogP contribution in [0.3, 0.4) is 0 Å². The largest absolute Gasteiger partial charge is 0.496 e. The number of hydrogen-bond donors (Lipinski definition) is 1. The molecule has 0 fully saturated rings. The maximum Gasteiger partial charge on any atom is 0.163 e. The van der Waals surface area contributed by atoms with Crippen molar-refractivity contribution in [2.45, 2.75) is 13.8 Å². The third-order valence-corrected chi connectivity index (χ3v) is 2.45. The number of methoxy groups -OCH3 is 1. The van der Waals surface area contributed by atoms with Crippen molar-refractivity contribution in [1.29, 1.82) is 0 Å². The first kappa shape index (κ1) is 11.4. The molecule has 0 saturated heterocycles. The minimum atomic E-state index is 0.662. The molecule has 0 saturated carbocycles. The van der Waals surface area contributed by atoms with Crippen LogP contribution in [0.1, 0.15) is 11.4 Å². The molecule has 0 radical (unpaired) electrons. The summed E-state index contributed by atoms with van der Waals surface area (Å²) in [7, 11) is 1.61. The van der Waals surface area contributed by atoms with Gasteiger partial charge in [0.25, 0.3) is 0 Å². The zero-order chi connectivity index (χ0) is 12.4. The Morgan fingerprint density at radius 1 is 1.06 bits per heavy atom. The number of nitrogen functional groups attached to an aromatic ring is 1. The van der Waals surface area contributed by atoms with Crippen molar-refractivity contribution in [1.82, 2.24) is 9.97 Å². The van der Waals surface area contributed by atoms with Gasteiger partial charge in [0.05, 0.1) is 12.7 Å². The lowest BCUT2D eigenvalue weighted by Crippen LogP contribution is -1.97. The van der Waals surface area contributed by atoms with Gasteiger partial charge in [0, 0.05) is 23.1 Å². The second kappa shape index (κ2) is 4.41. The van der Waals surface area contributed by atoms with Crippen LogP contribution in [0.2, 0.25) is 0 Å². The first-order valence-corrected chi connectivity index (χ1v) is 5.36. The summed E-state index contributed by atoms with van der Waals surface area (Å²) in [5.74, 6) is 1.36. The number of rotatable bonds is 2. The number of hydrogen-bond acceptors (Lipinski definition) is 4. The van der Waals surface area contributed by atoms with Crippen LogP contribution in [0.4, 0.5) is 5.69 Å². The zero-order valence-electron chi connectivity index (χ0n) is 10.2. The highest BCUT2D eigenvalue weighted by Gasteiger charge is 2.09. The number of aromatic nitrogens is 2. The Morgan fingerprint density at radius 3 is 2.29 bits per heavy atom. The van der Waals surface area contributed by atoms with E-state index in [0.29, 0.717) is 17.3 Å². The van der Waals surface area contributed by atoms with Crippen molar-refractivity contribution in [2.75, 3.05) is 12.8 Å². The van der Waals surface area contributed by atoms with E-state index in [1.807, 2.05) is 32.0 Å². The highest BCUT2D eigenvalue weighted by Crippen LogP contribution is 2.29. The van der Waals surface area contributed by atoms with Crippen LogP contribution in [0.15, 0.2) is 24.3 Å². The van der Waals surface area contributed by atoms with Crippen LogP contribution in [0, 0.1) is 13.8 Å². The molecule has 2 N–H and O–H groups in total. The summed E-state index contributed by atoms with van der Waals surface area (Å²) in [5.41, 5.74) is 9.11. The molecule has 1 aromatic carbocycles. The Morgan fingerprint density at radius 2 is 1.71 bits per heavy atom. The van der Waals surface area contributed by atoms with Crippen molar-refractivity contribution in [3.8, 4) is 17.1 Å². The summed E-state index contributed by atoms with van der Waals surface area (Å²) in [6.07, 6.45) is 0. The number of nitrogens with zero attached hydrogens (tertiary/aromatic N) is 2. The molecule has 0 bridgehead atoms. The third-order valence-electron chi connectivity index (χ3n) is 2.45. The van der Waals surface area contributed by atoms with E-state index in [0.717, 1.165) is 17.0 Å². The fraction of sp³-hybridized carbons (Fsp3) is 0.231. The molecule has 88 valence electrons. The molecule has 0 unspecified atom stereocenters. The van der Waals surface area contributed by atoms with E-state index >= 15 is 0 Å². The molecule has 0 aliphatic carbocycles. The fourth-order valence-corrected chi connectivity index (χ4v) is 1.74. The standard InChI is InChI=1S/C13H15N3O/c1-8-6-9(2)16-13(15-8)11-5-4-10(14)7-12(11)17-3/h4-7H,14H2,1-3H3. The van der Waals surface area contributed by atoms with Gasteiger partial charge in [0.1, 0.15) is 5.75 Å². The first-order chi connectivity index (χ1) is 8.10. The lowest BCUT2D eigenvalue weighted by molar-refractivity contribution is 0.416. The number of anilines is 1. The average Bonchev–Trinajstić information content (AvgIpc) is 2.27. The molecule has 1 heterocycles.